The van der Waals surface area contributed by atoms with Gasteiger partial charge < -0.3 is 13.9 Å². The first-order valence-corrected chi connectivity index (χ1v) is 17.0. The summed E-state index contributed by atoms with van der Waals surface area (Å²) in [4.78, 5) is 0. The molecule has 0 amide bonds. The van der Waals surface area contributed by atoms with Crippen LogP contribution in [0.3, 0.4) is 0 Å². The average molecular weight is 477 g/mol. The van der Waals surface area contributed by atoms with Crippen molar-refractivity contribution in [2.75, 3.05) is 0 Å². The molecule has 0 bridgehead atoms. The van der Waals surface area contributed by atoms with Crippen LogP contribution in [0.25, 0.3) is 0 Å². The van der Waals surface area contributed by atoms with Crippen LogP contribution >= 0.6 is 0 Å². The summed E-state index contributed by atoms with van der Waals surface area (Å²) in [6.07, 6.45) is 10.3. The Bertz CT molecular complexity index is 771. The topological polar surface area (TPSA) is 27.7 Å². The van der Waals surface area contributed by atoms with Gasteiger partial charge in [0, 0.05) is 0 Å². The van der Waals surface area contributed by atoms with Crippen molar-refractivity contribution in [2.24, 2.45) is 40.4 Å². The van der Waals surface area contributed by atoms with Crippen LogP contribution in [0.4, 0.5) is 0 Å². The lowest BCUT2D eigenvalue weighted by Gasteiger charge is -2.65. The molecule has 3 nitrogen and oxygen atoms in total. The molecule has 1 saturated heterocycles. The number of hydrogen-bond donors (Lipinski definition) is 0. The second kappa shape index (κ2) is 7.55. The van der Waals surface area contributed by atoms with E-state index in [0.29, 0.717) is 29.3 Å². The standard InChI is InChI=1S/C29H52O3Si/c1-18-17-29(8)19(14-15-21(29)32-33(9,10)26(2,3)4)22-23(18)28(7)16-12-11-13-20(28)24-25(22)31-27(5,6)30-24/h18-25H,11-17H2,1-10H3/t18?,19?,20?,21-,22?,23?,24+,25+,28-,29-/m0/s1. The summed E-state index contributed by atoms with van der Waals surface area (Å²) in [6, 6.07) is 0. The van der Waals surface area contributed by atoms with Crippen LogP contribution in [0.1, 0.15) is 100 Å². The van der Waals surface area contributed by atoms with Gasteiger partial charge in [-0.1, -0.05) is 54.4 Å². The molecule has 33 heavy (non-hydrogen) atoms. The maximum atomic E-state index is 7.21. The van der Waals surface area contributed by atoms with Crippen molar-refractivity contribution in [1.82, 2.24) is 0 Å². The Labute approximate surface area is 205 Å². The fourth-order valence-electron chi connectivity index (χ4n) is 9.61. The highest BCUT2D eigenvalue weighted by atomic mass is 28.4. The lowest BCUT2D eigenvalue weighted by Crippen LogP contribution is -2.65. The van der Waals surface area contributed by atoms with Gasteiger partial charge in [-0.05, 0) is 105 Å². The normalized spacial score (nSPS) is 51.5. The van der Waals surface area contributed by atoms with E-state index >= 15 is 0 Å². The minimum absolute atomic E-state index is 0.259. The second-order valence-electron chi connectivity index (χ2n) is 15.3. The molecule has 0 aromatic rings. The number of ether oxygens (including phenoxy) is 2. The molecule has 10 atom stereocenters. The zero-order valence-corrected chi connectivity index (χ0v) is 24.3. The summed E-state index contributed by atoms with van der Waals surface area (Å²) in [6.45, 7) is 24.2. The average Bonchev–Trinajstić information content (AvgIpc) is 3.15. The van der Waals surface area contributed by atoms with Gasteiger partial charge in [-0.3, -0.25) is 0 Å². The van der Waals surface area contributed by atoms with E-state index in [2.05, 4.69) is 68.5 Å². The second-order valence-corrected chi connectivity index (χ2v) is 20.0. The first-order valence-electron chi connectivity index (χ1n) is 14.1. The van der Waals surface area contributed by atoms with Gasteiger partial charge in [-0.2, -0.15) is 0 Å². The van der Waals surface area contributed by atoms with Crippen molar-refractivity contribution in [3.8, 4) is 0 Å². The zero-order valence-electron chi connectivity index (χ0n) is 23.3. The summed E-state index contributed by atoms with van der Waals surface area (Å²) in [5.74, 6) is 2.99. The summed E-state index contributed by atoms with van der Waals surface area (Å²) < 4.78 is 20.8. The minimum atomic E-state index is -1.81. The molecular formula is C29H52O3Si. The molecule has 5 fully saturated rings. The predicted octanol–water partition coefficient (Wildman–Crippen LogP) is 7.80. The maximum absolute atomic E-state index is 7.21. The molecule has 0 aromatic heterocycles. The Morgan fingerprint density at radius 2 is 1.52 bits per heavy atom. The van der Waals surface area contributed by atoms with Crippen LogP contribution in [0.15, 0.2) is 0 Å². The quantitative estimate of drug-likeness (QED) is 0.381. The Balaban J connectivity index is 1.53. The van der Waals surface area contributed by atoms with E-state index in [0.717, 1.165) is 11.8 Å². The summed E-state index contributed by atoms with van der Waals surface area (Å²) >= 11 is 0. The van der Waals surface area contributed by atoms with Gasteiger partial charge in [0.1, 0.15) is 0 Å². The Hall–Kier alpha value is 0.0969. The fraction of sp³-hybridized carbons (Fsp3) is 1.00. The van der Waals surface area contributed by atoms with Crippen molar-refractivity contribution in [1.29, 1.82) is 0 Å². The van der Waals surface area contributed by atoms with E-state index < -0.39 is 14.1 Å². The van der Waals surface area contributed by atoms with E-state index in [1.54, 1.807) is 0 Å². The molecule has 4 aliphatic carbocycles. The van der Waals surface area contributed by atoms with E-state index in [4.69, 9.17) is 13.9 Å². The van der Waals surface area contributed by atoms with Gasteiger partial charge in [-0.25, -0.2) is 0 Å². The molecule has 190 valence electrons. The third-order valence-electron chi connectivity index (χ3n) is 11.8. The smallest absolute Gasteiger partial charge is 0.192 e. The predicted molar refractivity (Wildman–Crippen MR) is 138 cm³/mol. The summed E-state index contributed by atoms with van der Waals surface area (Å²) in [5, 5.41) is 0.259. The molecule has 4 saturated carbocycles. The highest BCUT2D eigenvalue weighted by Gasteiger charge is 2.69. The Kier molecular flexibility index (Phi) is 5.67. The van der Waals surface area contributed by atoms with E-state index in [1.807, 2.05) is 0 Å². The molecule has 0 radical (unpaired) electrons. The third kappa shape index (κ3) is 3.58. The first kappa shape index (κ1) is 24.8. The van der Waals surface area contributed by atoms with E-state index in [9.17, 15) is 0 Å². The van der Waals surface area contributed by atoms with Crippen LogP contribution in [-0.4, -0.2) is 32.4 Å². The van der Waals surface area contributed by atoms with Crippen LogP contribution in [0, 0.1) is 40.4 Å². The number of fused-ring (bicyclic) bond motifs is 8. The van der Waals surface area contributed by atoms with E-state index in [-0.39, 0.29) is 22.7 Å². The molecule has 5 unspecified atom stereocenters. The zero-order chi connectivity index (χ0) is 24.2. The number of rotatable bonds is 2. The van der Waals surface area contributed by atoms with Gasteiger partial charge in [-0.15, -0.1) is 0 Å². The molecule has 5 rings (SSSR count). The van der Waals surface area contributed by atoms with Crippen molar-refractivity contribution >= 4 is 8.32 Å². The summed E-state index contributed by atoms with van der Waals surface area (Å²) in [7, 11) is -1.81. The fourth-order valence-corrected chi connectivity index (χ4v) is 11.1. The SMILES string of the molecule is CC1C[C@@]2(C)C(CC[C@@H]2O[Si](C)(C)C(C)(C)C)C2C1[C@@]1(C)CCCCC1[C@H]1OC(C)(C)O[C@H]21. The lowest BCUT2D eigenvalue weighted by molar-refractivity contribution is -0.201. The molecule has 0 aromatic carbocycles. The molecule has 1 aliphatic heterocycles. The summed E-state index contributed by atoms with van der Waals surface area (Å²) in [5.41, 5.74) is 0.654. The highest BCUT2D eigenvalue weighted by molar-refractivity contribution is 6.74. The molecular weight excluding hydrogens is 424 g/mol. The molecule has 0 spiro atoms. The molecule has 5 aliphatic rings. The Morgan fingerprint density at radius 1 is 0.848 bits per heavy atom. The van der Waals surface area contributed by atoms with Crippen LogP contribution in [0.2, 0.25) is 18.1 Å². The van der Waals surface area contributed by atoms with E-state index in [1.165, 1.54) is 44.9 Å². The molecule has 1 heterocycles. The first-order chi connectivity index (χ1) is 15.1. The van der Waals surface area contributed by atoms with Gasteiger partial charge in [0.15, 0.2) is 14.1 Å². The van der Waals surface area contributed by atoms with Gasteiger partial charge in [0.25, 0.3) is 0 Å². The highest BCUT2D eigenvalue weighted by Crippen LogP contribution is 2.70. The largest absolute Gasteiger partial charge is 0.413 e. The number of hydrogen-bond acceptors (Lipinski definition) is 3. The van der Waals surface area contributed by atoms with Gasteiger partial charge >= 0.3 is 0 Å². The van der Waals surface area contributed by atoms with Gasteiger partial charge in [0.05, 0.1) is 18.3 Å². The third-order valence-corrected chi connectivity index (χ3v) is 16.3. The van der Waals surface area contributed by atoms with Crippen molar-refractivity contribution in [3.05, 3.63) is 0 Å². The van der Waals surface area contributed by atoms with Crippen molar-refractivity contribution < 1.29 is 13.9 Å². The van der Waals surface area contributed by atoms with Crippen molar-refractivity contribution in [3.63, 3.8) is 0 Å². The Morgan fingerprint density at radius 3 is 2.18 bits per heavy atom. The minimum Gasteiger partial charge on any atom is -0.413 e. The van der Waals surface area contributed by atoms with Crippen molar-refractivity contribution in [2.45, 2.75) is 143 Å². The maximum Gasteiger partial charge on any atom is 0.192 e. The van der Waals surface area contributed by atoms with Crippen LogP contribution in [0.5, 0.6) is 0 Å². The van der Waals surface area contributed by atoms with Crippen LogP contribution < -0.4 is 0 Å². The monoisotopic (exact) mass is 476 g/mol. The van der Waals surface area contributed by atoms with Gasteiger partial charge in [0.2, 0.25) is 0 Å². The molecule has 4 heteroatoms. The lowest BCUT2D eigenvalue weighted by atomic mass is 9.41. The van der Waals surface area contributed by atoms with Crippen LogP contribution in [-0.2, 0) is 13.9 Å². The molecule has 0 N–H and O–H groups in total.